The summed E-state index contributed by atoms with van der Waals surface area (Å²) in [7, 11) is 0. The van der Waals surface area contributed by atoms with Gasteiger partial charge in [0.15, 0.2) is 5.79 Å². The zero-order valence-electron chi connectivity index (χ0n) is 11.0. The highest BCUT2D eigenvalue weighted by molar-refractivity contribution is 5.26. The number of rotatable bonds is 2. The van der Waals surface area contributed by atoms with E-state index in [1.165, 1.54) is 0 Å². The third-order valence-corrected chi connectivity index (χ3v) is 4.29. The van der Waals surface area contributed by atoms with Crippen LogP contribution in [0.5, 0.6) is 0 Å². The highest BCUT2D eigenvalue weighted by Crippen LogP contribution is 2.44. The highest BCUT2D eigenvalue weighted by Gasteiger charge is 2.43. The summed E-state index contributed by atoms with van der Waals surface area (Å²) in [6.45, 7) is 1.38. The lowest BCUT2D eigenvalue weighted by molar-refractivity contribution is -0.187. The minimum absolute atomic E-state index is 0.0498. The predicted octanol–water partition coefficient (Wildman–Crippen LogP) is 3.23. The van der Waals surface area contributed by atoms with Crippen molar-refractivity contribution >= 4 is 0 Å². The summed E-state index contributed by atoms with van der Waals surface area (Å²) in [6, 6.07) is 12.6. The second kappa shape index (κ2) is 5.32. The summed E-state index contributed by atoms with van der Waals surface area (Å²) in [5, 5.41) is 9.53. The molecule has 2 aliphatic rings. The van der Waals surface area contributed by atoms with Crippen LogP contribution >= 0.6 is 0 Å². The van der Waals surface area contributed by atoms with Gasteiger partial charge in [0, 0.05) is 12.8 Å². The zero-order valence-corrected chi connectivity index (χ0v) is 11.0. The van der Waals surface area contributed by atoms with Gasteiger partial charge in [0.2, 0.25) is 0 Å². The van der Waals surface area contributed by atoms with Gasteiger partial charge < -0.3 is 9.47 Å². The molecular formula is C16H19NO2. The highest BCUT2D eigenvalue weighted by atomic mass is 16.7. The normalized spacial score (nSPS) is 27.0. The Morgan fingerprint density at radius 2 is 1.95 bits per heavy atom. The predicted molar refractivity (Wildman–Crippen MR) is 71.4 cm³/mol. The topological polar surface area (TPSA) is 42.2 Å². The SMILES string of the molecule is N#C[C@@H](c1ccccc1)[C@@H]1CCCC2(C1)OCCO2. The van der Waals surface area contributed by atoms with Crippen LogP contribution in [-0.2, 0) is 9.47 Å². The average Bonchev–Trinajstić information content (AvgIpc) is 2.89. The molecule has 3 nitrogen and oxygen atoms in total. The summed E-state index contributed by atoms with van der Waals surface area (Å²) in [4.78, 5) is 0. The molecule has 2 fully saturated rings. The largest absolute Gasteiger partial charge is 0.348 e. The Hall–Kier alpha value is -1.37. The molecule has 1 aliphatic heterocycles. The van der Waals surface area contributed by atoms with Crippen molar-refractivity contribution in [2.75, 3.05) is 13.2 Å². The molecule has 0 amide bonds. The molecule has 1 aromatic rings. The summed E-state index contributed by atoms with van der Waals surface area (Å²) >= 11 is 0. The van der Waals surface area contributed by atoms with Crippen LogP contribution in [0.2, 0.25) is 0 Å². The first-order chi connectivity index (χ1) is 9.33. The first kappa shape index (κ1) is 12.7. The van der Waals surface area contributed by atoms with Crippen LogP contribution in [0.3, 0.4) is 0 Å². The number of nitriles is 1. The molecule has 19 heavy (non-hydrogen) atoms. The molecule has 1 aromatic carbocycles. The van der Waals surface area contributed by atoms with Gasteiger partial charge in [-0.15, -0.1) is 0 Å². The molecular weight excluding hydrogens is 238 g/mol. The third kappa shape index (κ3) is 2.51. The number of hydrogen-bond donors (Lipinski definition) is 0. The molecule has 1 saturated heterocycles. The molecule has 1 saturated carbocycles. The Labute approximate surface area is 114 Å². The number of ether oxygens (including phenoxy) is 2. The van der Waals surface area contributed by atoms with E-state index in [-0.39, 0.29) is 5.92 Å². The lowest BCUT2D eigenvalue weighted by Gasteiger charge is -2.37. The van der Waals surface area contributed by atoms with E-state index in [0.717, 1.165) is 31.2 Å². The molecule has 1 aliphatic carbocycles. The van der Waals surface area contributed by atoms with Crippen molar-refractivity contribution in [1.29, 1.82) is 5.26 Å². The van der Waals surface area contributed by atoms with Crippen molar-refractivity contribution in [2.45, 2.75) is 37.4 Å². The van der Waals surface area contributed by atoms with E-state index in [1.54, 1.807) is 0 Å². The van der Waals surface area contributed by atoms with Gasteiger partial charge in [-0.05, 0) is 24.3 Å². The first-order valence-corrected chi connectivity index (χ1v) is 7.05. The van der Waals surface area contributed by atoms with E-state index in [2.05, 4.69) is 6.07 Å². The maximum absolute atomic E-state index is 9.53. The van der Waals surface area contributed by atoms with Crippen molar-refractivity contribution in [3.05, 3.63) is 35.9 Å². The van der Waals surface area contributed by atoms with Crippen molar-refractivity contribution in [2.24, 2.45) is 5.92 Å². The van der Waals surface area contributed by atoms with Crippen LogP contribution in [0.25, 0.3) is 0 Å². The standard InChI is InChI=1S/C16H19NO2/c17-12-15(13-5-2-1-3-6-13)14-7-4-8-16(11-14)18-9-10-19-16/h1-3,5-6,14-15H,4,7-11H2/t14-,15+/m1/s1. The number of benzene rings is 1. The van der Waals surface area contributed by atoms with Gasteiger partial charge in [0.05, 0.1) is 25.2 Å². The van der Waals surface area contributed by atoms with Gasteiger partial charge in [-0.1, -0.05) is 30.3 Å². The second-order valence-electron chi connectivity index (χ2n) is 5.48. The minimum Gasteiger partial charge on any atom is -0.348 e. The fourth-order valence-corrected chi connectivity index (χ4v) is 3.39. The number of hydrogen-bond acceptors (Lipinski definition) is 3. The van der Waals surface area contributed by atoms with Crippen molar-refractivity contribution in [3.8, 4) is 6.07 Å². The smallest absolute Gasteiger partial charge is 0.168 e. The molecule has 0 bridgehead atoms. The Kier molecular flexibility index (Phi) is 3.54. The van der Waals surface area contributed by atoms with Crippen LogP contribution < -0.4 is 0 Å². The van der Waals surface area contributed by atoms with Gasteiger partial charge in [-0.25, -0.2) is 0 Å². The monoisotopic (exact) mass is 257 g/mol. The van der Waals surface area contributed by atoms with E-state index < -0.39 is 5.79 Å². The molecule has 3 heteroatoms. The van der Waals surface area contributed by atoms with Crippen molar-refractivity contribution < 1.29 is 9.47 Å². The molecule has 0 N–H and O–H groups in total. The quantitative estimate of drug-likeness (QED) is 0.817. The fraction of sp³-hybridized carbons (Fsp3) is 0.562. The molecule has 3 rings (SSSR count). The lowest BCUT2D eigenvalue weighted by Crippen LogP contribution is -2.38. The Balaban J connectivity index is 1.79. The van der Waals surface area contributed by atoms with E-state index in [9.17, 15) is 5.26 Å². The molecule has 1 heterocycles. The maximum atomic E-state index is 9.53. The molecule has 0 radical (unpaired) electrons. The van der Waals surface area contributed by atoms with Gasteiger partial charge in [-0.2, -0.15) is 5.26 Å². The second-order valence-corrected chi connectivity index (χ2v) is 5.48. The summed E-state index contributed by atoms with van der Waals surface area (Å²) in [6.07, 6.45) is 3.98. The van der Waals surface area contributed by atoms with Gasteiger partial charge in [0.25, 0.3) is 0 Å². The van der Waals surface area contributed by atoms with E-state index in [4.69, 9.17) is 9.47 Å². The van der Waals surface area contributed by atoms with Crippen LogP contribution in [0.4, 0.5) is 0 Å². The van der Waals surface area contributed by atoms with E-state index in [0.29, 0.717) is 19.1 Å². The van der Waals surface area contributed by atoms with E-state index >= 15 is 0 Å². The van der Waals surface area contributed by atoms with Crippen molar-refractivity contribution in [3.63, 3.8) is 0 Å². The van der Waals surface area contributed by atoms with Crippen LogP contribution in [-0.4, -0.2) is 19.0 Å². The molecule has 1 spiro atoms. The molecule has 2 atom stereocenters. The minimum atomic E-state index is -0.396. The Bertz CT molecular complexity index is 459. The Morgan fingerprint density at radius 1 is 1.21 bits per heavy atom. The Morgan fingerprint density at radius 3 is 2.63 bits per heavy atom. The fourth-order valence-electron chi connectivity index (χ4n) is 3.39. The van der Waals surface area contributed by atoms with E-state index in [1.807, 2.05) is 30.3 Å². The summed E-state index contributed by atoms with van der Waals surface area (Å²) in [5.41, 5.74) is 1.12. The summed E-state index contributed by atoms with van der Waals surface area (Å²) < 4.78 is 11.6. The first-order valence-electron chi connectivity index (χ1n) is 7.05. The molecule has 100 valence electrons. The van der Waals surface area contributed by atoms with Gasteiger partial charge >= 0.3 is 0 Å². The van der Waals surface area contributed by atoms with Gasteiger partial charge in [0.1, 0.15) is 0 Å². The maximum Gasteiger partial charge on any atom is 0.168 e. The van der Waals surface area contributed by atoms with Gasteiger partial charge in [-0.3, -0.25) is 0 Å². The molecule has 0 aromatic heterocycles. The van der Waals surface area contributed by atoms with Crippen LogP contribution in [0, 0.1) is 17.2 Å². The zero-order chi connectivity index (χ0) is 13.1. The van der Waals surface area contributed by atoms with Crippen molar-refractivity contribution in [1.82, 2.24) is 0 Å². The summed E-state index contributed by atoms with van der Waals surface area (Å²) in [5.74, 6) is -0.113. The van der Waals surface area contributed by atoms with Crippen LogP contribution in [0.15, 0.2) is 30.3 Å². The van der Waals surface area contributed by atoms with Crippen LogP contribution in [0.1, 0.15) is 37.2 Å². The lowest BCUT2D eigenvalue weighted by atomic mass is 9.75. The molecule has 0 unspecified atom stereocenters. The average molecular weight is 257 g/mol. The third-order valence-electron chi connectivity index (χ3n) is 4.29. The number of nitrogens with zero attached hydrogens (tertiary/aromatic N) is 1.